The van der Waals surface area contributed by atoms with Gasteiger partial charge in [-0.1, -0.05) is 30.3 Å². The van der Waals surface area contributed by atoms with E-state index in [-0.39, 0.29) is 30.0 Å². The number of amides is 1. The van der Waals surface area contributed by atoms with Crippen LogP contribution in [-0.2, 0) is 10.2 Å². The van der Waals surface area contributed by atoms with Gasteiger partial charge < -0.3 is 10.6 Å². The molecule has 2 unspecified atom stereocenters. The van der Waals surface area contributed by atoms with Gasteiger partial charge in [0.2, 0.25) is 5.91 Å². The minimum absolute atomic E-state index is 0. The Kier molecular flexibility index (Phi) is 4.03. The first-order chi connectivity index (χ1) is 11.1. The second-order valence-corrected chi connectivity index (χ2v) is 5.96. The van der Waals surface area contributed by atoms with Gasteiger partial charge >= 0.3 is 0 Å². The first-order valence-electron chi connectivity index (χ1n) is 7.51. The van der Waals surface area contributed by atoms with Crippen molar-refractivity contribution in [2.24, 2.45) is 0 Å². The lowest BCUT2D eigenvalue weighted by Gasteiger charge is -2.29. The maximum atomic E-state index is 12.8. The summed E-state index contributed by atoms with van der Waals surface area (Å²) in [6, 6.07) is 14.0. The Morgan fingerprint density at radius 1 is 1.12 bits per heavy atom. The zero-order chi connectivity index (χ0) is 16.0. The Bertz CT molecular complexity index is 809. The molecule has 2 aliphatic heterocycles. The Morgan fingerprint density at radius 2 is 1.83 bits per heavy atom. The molecule has 2 aromatic carbocycles. The van der Waals surface area contributed by atoms with Crippen molar-refractivity contribution in [2.75, 3.05) is 11.9 Å². The number of nitro benzene ring substituents is 1. The molecule has 4 rings (SSSR count). The largest absolute Gasteiger partial charge is 0.325 e. The van der Waals surface area contributed by atoms with E-state index in [0.29, 0.717) is 6.42 Å². The van der Waals surface area contributed by atoms with Crippen LogP contribution in [-0.4, -0.2) is 17.4 Å². The van der Waals surface area contributed by atoms with Gasteiger partial charge in [0, 0.05) is 17.8 Å². The number of benzene rings is 2. The number of non-ortho nitro benzene ring substituents is 1. The van der Waals surface area contributed by atoms with Crippen molar-refractivity contribution < 1.29 is 9.72 Å². The zero-order valence-electron chi connectivity index (χ0n) is 12.7. The fraction of sp³-hybridized carbons (Fsp3) is 0.235. The van der Waals surface area contributed by atoms with Crippen molar-refractivity contribution in [3.05, 3.63) is 69.8 Å². The number of halogens is 1. The van der Waals surface area contributed by atoms with Gasteiger partial charge in [-0.15, -0.1) is 12.4 Å². The van der Waals surface area contributed by atoms with Crippen LogP contribution in [0.1, 0.15) is 23.6 Å². The summed E-state index contributed by atoms with van der Waals surface area (Å²) in [5.41, 5.74) is 2.15. The molecule has 1 amide bonds. The van der Waals surface area contributed by atoms with Crippen LogP contribution >= 0.6 is 12.4 Å². The Morgan fingerprint density at radius 3 is 2.54 bits per heavy atom. The van der Waals surface area contributed by atoms with E-state index < -0.39 is 10.3 Å². The van der Waals surface area contributed by atoms with Crippen LogP contribution in [0.5, 0.6) is 0 Å². The Hall–Kier alpha value is -2.44. The number of hydrogen-bond acceptors (Lipinski definition) is 4. The van der Waals surface area contributed by atoms with E-state index in [0.717, 1.165) is 23.4 Å². The molecule has 2 aromatic rings. The molecule has 0 saturated carbocycles. The number of carbonyl (C=O) groups is 1. The number of hydrogen-bond donors (Lipinski definition) is 2. The maximum absolute atomic E-state index is 12.8. The molecule has 0 radical (unpaired) electrons. The maximum Gasteiger partial charge on any atom is 0.269 e. The van der Waals surface area contributed by atoms with E-state index in [4.69, 9.17) is 0 Å². The molecule has 2 heterocycles. The molecule has 6 nitrogen and oxygen atoms in total. The molecule has 1 fully saturated rings. The first-order valence-corrected chi connectivity index (χ1v) is 7.51. The van der Waals surface area contributed by atoms with Crippen LogP contribution in [0, 0.1) is 10.1 Å². The third-order valence-corrected chi connectivity index (χ3v) is 4.86. The van der Waals surface area contributed by atoms with E-state index in [2.05, 4.69) is 10.6 Å². The molecule has 2 N–H and O–H groups in total. The third-order valence-electron chi connectivity index (χ3n) is 4.86. The first kappa shape index (κ1) is 16.4. The highest BCUT2D eigenvalue weighted by atomic mass is 35.5. The topological polar surface area (TPSA) is 84.3 Å². The van der Waals surface area contributed by atoms with Crippen molar-refractivity contribution in [3.8, 4) is 0 Å². The van der Waals surface area contributed by atoms with Gasteiger partial charge in [-0.3, -0.25) is 14.9 Å². The lowest BCUT2D eigenvalue weighted by atomic mass is 9.73. The summed E-state index contributed by atoms with van der Waals surface area (Å²) in [5.74, 6) is -0.00736. The highest BCUT2D eigenvalue weighted by Crippen LogP contribution is 2.50. The van der Waals surface area contributed by atoms with Gasteiger partial charge in [-0.2, -0.15) is 0 Å². The fourth-order valence-corrected chi connectivity index (χ4v) is 3.80. The number of nitrogens with one attached hydrogen (secondary N) is 2. The van der Waals surface area contributed by atoms with Crippen LogP contribution in [0.3, 0.4) is 0 Å². The minimum Gasteiger partial charge on any atom is -0.325 e. The number of rotatable bonds is 2. The summed E-state index contributed by atoms with van der Waals surface area (Å²) in [5, 5.41) is 17.2. The Balaban J connectivity index is 0.00000169. The van der Waals surface area contributed by atoms with E-state index in [9.17, 15) is 14.9 Å². The molecule has 2 aliphatic rings. The molecule has 2 atom stereocenters. The molecule has 24 heavy (non-hydrogen) atoms. The number of nitrogens with zero attached hydrogens (tertiary/aromatic N) is 1. The lowest BCUT2D eigenvalue weighted by molar-refractivity contribution is -0.384. The van der Waals surface area contributed by atoms with E-state index in [1.807, 2.05) is 24.3 Å². The van der Waals surface area contributed by atoms with Crippen LogP contribution in [0.25, 0.3) is 0 Å². The van der Waals surface area contributed by atoms with Crippen LogP contribution in [0.15, 0.2) is 48.5 Å². The molecule has 0 aliphatic carbocycles. The molecule has 1 saturated heterocycles. The van der Waals surface area contributed by atoms with Crippen molar-refractivity contribution in [1.82, 2.24) is 5.32 Å². The molecule has 0 bridgehead atoms. The normalized spacial score (nSPS) is 24.3. The molecule has 1 spiro atoms. The molecular formula is C17H16ClN3O3. The van der Waals surface area contributed by atoms with Gasteiger partial charge in [-0.25, -0.2) is 0 Å². The van der Waals surface area contributed by atoms with Gasteiger partial charge in [0.05, 0.1) is 16.4 Å². The molecular weight excluding hydrogens is 330 g/mol. The summed E-state index contributed by atoms with van der Waals surface area (Å²) in [6.45, 7) is 0.726. The van der Waals surface area contributed by atoms with Crippen molar-refractivity contribution in [1.29, 1.82) is 0 Å². The lowest BCUT2D eigenvalue weighted by Crippen LogP contribution is -2.39. The monoisotopic (exact) mass is 345 g/mol. The fourth-order valence-electron chi connectivity index (χ4n) is 3.80. The van der Waals surface area contributed by atoms with Gasteiger partial charge in [-0.05, 0) is 30.2 Å². The SMILES string of the molecule is Cl.O=C1Nc2ccccc2C12CCNC2c1ccc([N+](=O)[O-])cc1. The van der Waals surface area contributed by atoms with E-state index in [1.165, 1.54) is 12.1 Å². The van der Waals surface area contributed by atoms with Crippen LogP contribution < -0.4 is 10.6 Å². The van der Waals surface area contributed by atoms with Gasteiger partial charge in [0.25, 0.3) is 5.69 Å². The zero-order valence-corrected chi connectivity index (χ0v) is 13.5. The number of anilines is 1. The second kappa shape index (κ2) is 5.89. The number of nitro groups is 1. The minimum atomic E-state index is -0.646. The summed E-state index contributed by atoms with van der Waals surface area (Å²) >= 11 is 0. The predicted molar refractivity (Wildman–Crippen MR) is 92.5 cm³/mol. The van der Waals surface area contributed by atoms with Gasteiger partial charge in [0.15, 0.2) is 0 Å². The predicted octanol–water partition coefficient (Wildman–Crippen LogP) is 2.94. The van der Waals surface area contributed by atoms with Crippen LogP contribution in [0.4, 0.5) is 11.4 Å². The smallest absolute Gasteiger partial charge is 0.269 e. The number of para-hydroxylation sites is 1. The third kappa shape index (κ3) is 2.18. The summed E-state index contributed by atoms with van der Waals surface area (Å²) in [4.78, 5) is 23.2. The summed E-state index contributed by atoms with van der Waals surface area (Å²) < 4.78 is 0. The highest BCUT2D eigenvalue weighted by molar-refractivity contribution is 6.07. The second-order valence-electron chi connectivity index (χ2n) is 5.96. The number of carbonyl (C=O) groups excluding carboxylic acids is 1. The average molecular weight is 346 g/mol. The molecule has 7 heteroatoms. The summed E-state index contributed by atoms with van der Waals surface area (Å²) in [6.07, 6.45) is 0.706. The van der Waals surface area contributed by atoms with Crippen molar-refractivity contribution in [2.45, 2.75) is 17.9 Å². The highest BCUT2D eigenvalue weighted by Gasteiger charge is 2.55. The molecule has 0 aromatic heterocycles. The molecule has 124 valence electrons. The average Bonchev–Trinajstić information content (AvgIpc) is 3.12. The Labute approximate surface area is 144 Å². The summed E-state index contributed by atoms with van der Waals surface area (Å²) in [7, 11) is 0. The van der Waals surface area contributed by atoms with Gasteiger partial charge in [0.1, 0.15) is 0 Å². The van der Waals surface area contributed by atoms with Crippen LogP contribution in [0.2, 0.25) is 0 Å². The number of fused-ring (bicyclic) bond motifs is 2. The van der Waals surface area contributed by atoms with Crippen molar-refractivity contribution in [3.63, 3.8) is 0 Å². The quantitative estimate of drug-likeness (QED) is 0.647. The van der Waals surface area contributed by atoms with E-state index in [1.54, 1.807) is 12.1 Å². The van der Waals surface area contributed by atoms with E-state index >= 15 is 0 Å². The standard InChI is InChI=1S/C17H15N3O3.ClH/c21-16-17(13-3-1-2-4-14(13)19-16)9-10-18-15(17)11-5-7-12(8-6-11)20(22)23;/h1-8,15,18H,9-10H2,(H,19,21);1H. The van der Waals surface area contributed by atoms with Crippen molar-refractivity contribution >= 4 is 29.7 Å².